The number of nitriles is 1. The molecule has 0 aliphatic carbocycles. The molecule has 0 aliphatic rings. The lowest BCUT2D eigenvalue weighted by molar-refractivity contribution is -0.143. The second kappa shape index (κ2) is 7.03. The Morgan fingerprint density at radius 3 is 2.45 bits per heavy atom. The Hall–Kier alpha value is -1.91. The van der Waals surface area contributed by atoms with Gasteiger partial charge in [0, 0.05) is 13.6 Å². The molecular formula is C13H16N2O4S. The molecule has 0 fully saturated rings. The summed E-state index contributed by atoms with van der Waals surface area (Å²) >= 11 is 0. The van der Waals surface area contributed by atoms with Gasteiger partial charge in [-0.1, -0.05) is 0 Å². The van der Waals surface area contributed by atoms with Crippen LogP contribution in [-0.4, -0.2) is 38.9 Å². The summed E-state index contributed by atoms with van der Waals surface area (Å²) < 4.78 is 30.2. The van der Waals surface area contributed by atoms with Crippen molar-refractivity contribution in [3.8, 4) is 6.07 Å². The zero-order valence-corrected chi connectivity index (χ0v) is 12.2. The summed E-state index contributed by atoms with van der Waals surface area (Å²) in [5, 5.41) is 8.68. The third-order valence-electron chi connectivity index (χ3n) is 2.63. The maximum Gasteiger partial charge on any atom is 0.307 e. The number of benzene rings is 1. The van der Waals surface area contributed by atoms with Crippen molar-refractivity contribution in [2.45, 2.75) is 18.2 Å². The van der Waals surface area contributed by atoms with Crippen LogP contribution in [0.2, 0.25) is 0 Å². The first kappa shape index (κ1) is 16.1. The summed E-state index contributed by atoms with van der Waals surface area (Å²) in [5.74, 6) is -0.436. The van der Waals surface area contributed by atoms with E-state index in [0.29, 0.717) is 5.56 Å². The summed E-state index contributed by atoms with van der Waals surface area (Å²) in [7, 11) is -2.26. The number of sulfonamides is 1. The SMILES string of the molecule is CCOC(=O)CCN(C)S(=O)(=O)c1ccc(C#N)cc1. The molecule has 0 spiro atoms. The van der Waals surface area contributed by atoms with E-state index in [9.17, 15) is 13.2 Å². The summed E-state index contributed by atoms with van der Waals surface area (Å²) in [4.78, 5) is 11.3. The van der Waals surface area contributed by atoms with Crippen LogP contribution in [-0.2, 0) is 19.6 Å². The normalized spacial score (nSPS) is 11.1. The number of rotatable bonds is 6. The number of carbonyl (C=O) groups excluding carboxylic acids is 1. The van der Waals surface area contributed by atoms with Gasteiger partial charge in [0.2, 0.25) is 10.0 Å². The summed E-state index contributed by atoms with van der Waals surface area (Å²) in [6.07, 6.45) is -0.000150. The van der Waals surface area contributed by atoms with Gasteiger partial charge in [0.1, 0.15) is 0 Å². The highest BCUT2D eigenvalue weighted by atomic mass is 32.2. The van der Waals surface area contributed by atoms with Gasteiger partial charge in [-0.25, -0.2) is 12.7 Å². The molecular weight excluding hydrogens is 280 g/mol. The first-order valence-corrected chi connectivity index (χ1v) is 7.48. The van der Waals surface area contributed by atoms with E-state index in [-0.39, 0.29) is 24.5 Å². The number of carbonyl (C=O) groups is 1. The predicted molar refractivity (Wildman–Crippen MR) is 72.2 cm³/mol. The van der Waals surface area contributed by atoms with Crippen LogP contribution >= 0.6 is 0 Å². The molecule has 1 rings (SSSR count). The van der Waals surface area contributed by atoms with E-state index in [0.717, 1.165) is 4.31 Å². The summed E-state index contributed by atoms with van der Waals surface area (Å²) in [6.45, 7) is 2.00. The van der Waals surface area contributed by atoms with Crippen LogP contribution < -0.4 is 0 Å². The maximum atomic E-state index is 12.2. The van der Waals surface area contributed by atoms with Gasteiger partial charge in [0.25, 0.3) is 0 Å². The van der Waals surface area contributed by atoms with Gasteiger partial charge in [-0.05, 0) is 31.2 Å². The molecule has 20 heavy (non-hydrogen) atoms. The number of esters is 1. The molecule has 0 saturated carbocycles. The minimum atomic E-state index is -3.66. The molecule has 0 aliphatic heterocycles. The largest absolute Gasteiger partial charge is 0.466 e. The molecule has 0 aromatic heterocycles. The van der Waals surface area contributed by atoms with Crippen molar-refractivity contribution in [3.63, 3.8) is 0 Å². The molecule has 6 nitrogen and oxygen atoms in total. The Morgan fingerprint density at radius 2 is 1.95 bits per heavy atom. The molecule has 0 atom stereocenters. The third kappa shape index (κ3) is 4.05. The zero-order chi connectivity index (χ0) is 15.2. The fourth-order valence-electron chi connectivity index (χ4n) is 1.48. The van der Waals surface area contributed by atoms with E-state index < -0.39 is 16.0 Å². The van der Waals surface area contributed by atoms with Crippen LogP contribution in [0.5, 0.6) is 0 Å². The Kier molecular flexibility index (Phi) is 5.67. The lowest BCUT2D eigenvalue weighted by Gasteiger charge is -2.16. The van der Waals surface area contributed by atoms with Crippen LogP contribution in [0.15, 0.2) is 29.2 Å². The molecule has 0 amide bonds. The topological polar surface area (TPSA) is 87.5 Å². The van der Waals surface area contributed by atoms with Crippen molar-refractivity contribution >= 4 is 16.0 Å². The van der Waals surface area contributed by atoms with Crippen LogP contribution in [0.3, 0.4) is 0 Å². The van der Waals surface area contributed by atoms with Crippen molar-refractivity contribution in [2.75, 3.05) is 20.2 Å². The van der Waals surface area contributed by atoms with Crippen LogP contribution in [0.25, 0.3) is 0 Å². The molecule has 108 valence electrons. The summed E-state index contributed by atoms with van der Waals surface area (Å²) in [6, 6.07) is 7.53. The van der Waals surface area contributed by atoms with Crippen molar-refractivity contribution in [1.29, 1.82) is 5.26 Å². The Balaban J connectivity index is 2.76. The maximum absolute atomic E-state index is 12.2. The molecule has 0 bridgehead atoms. The predicted octanol–water partition coefficient (Wildman–Crippen LogP) is 1.13. The molecule has 0 radical (unpaired) electrons. The smallest absolute Gasteiger partial charge is 0.307 e. The Labute approximate surface area is 118 Å². The monoisotopic (exact) mass is 296 g/mol. The summed E-state index contributed by atoms with van der Waals surface area (Å²) in [5.41, 5.74) is 0.387. The van der Waals surface area contributed by atoms with Gasteiger partial charge >= 0.3 is 5.97 Å². The van der Waals surface area contributed by atoms with E-state index in [1.54, 1.807) is 6.92 Å². The number of hydrogen-bond acceptors (Lipinski definition) is 5. The number of hydrogen-bond donors (Lipinski definition) is 0. The highest BCUT2D eigenvalue weighted by molar-refractivity contribution is 7.89. The average Bonchev–Trinajstić information content (AvgIpc) is 2.45. The molecule has 0 heterocycles. The van der Waals surface area contributed by atoms with Gasteiger partial charge in [-0.15, -0.1) is 0 Å². The van der Waals surface area contributed by atoms with Gasteiger partial charge < -0.3 is 4.74 Å². The van der Waals surface area contributed by atoms with Crippen LogP contribution in [0.1, 0.15) is 18.9 Å². The van der Waals surface area contributed by atoms with E-state index in [4.69, 9.17) is 10.00 Å². The van der Waals surface area contributed by atoms with E-state index in [1.165, 1.54) is 31.3 Å². The van der Waals surface area contributed by atoms with E-state index >= 15 is 0 Å². The Morgan fingerprint density at radius 1 is 1.35 bits per heavy atom. The van der Waals surface area contributed by atoms with Crippen LogP contribution in [0.4, 0.5) is 0 Å². The molecule has 0 unspecified atom stereocenters. The van der Waals surface area contributed by atoms with E-state index in [2.05, 4.69) is 0 Å². The van der Waals surface area contributed by atoms with Gasteiger partial charge in [0.05, 0.1) is 29.6 Å². The first-order valence-electron chi connectivity index (χ1n) is 6.04. The quantitative estimate of drug-likeness (QED) is 0.734. The highest BCUT2D eigenvalue weighted by Crippen LogP contribution is 2.15. The van der Waals surface area contributed by atoms with E-state index in [1.807, 2.05) is 6.07 Å². The van der Waals surface area contributed by atoms with Crippen molar-refractivity contribution in [2.24, 2.45) is 0 Å². The lowest BCUT2D eigenvalue weighted by Crippen LogP contribution is -2.29. The van der Waals surface area contributed by atoms with Crippen LogP contribution in [0, 0.1) is 11.3 Å². The minimum Gasteiger partial charge on any atom is -0.466 e. The molecule has 0 N–H and O–H groups in total. The van der Waals surface area contributed by atoms with Crippen molar-refractivity contribution in [3.05, 3.63) is 29.8 Å². The lowest BCUT2D eigenvalue weighted by atomic mass is 10.2. The fraction of sp³-hybridized carbons (Fsp3) is 0.385. The molecule has 1 aromatic rings. The second-order valence-electron chi connectivity index (χ2n) is 4.02. The highest BCUT2D eigenvalue weighted by Gasteiger charge is 2.21. The fourth-order valence-corrected chi connectivity index (χ4v) is 2.66. The van der Waals surface area contributed by atoms with Gasteiger partial charge in [0.15, 0.2) is 0 Å². The number of ether oxygens (including phenoxy) is 1. The average molecular weight is 296 g/mol. The van der Waals surface area contributed by atoms with Crippen molar-refractivity contribution in [1.82, 2.24) is 4.31 Å². The first-order chi connectivity index (χ1) is 9.41. The van der Waals surface area contributed by atoms with Gasteiger partial charge in [-0.2, -0.15) is 5.26 Å². The molecule has 0 saturated heterocycles. The second-order valence-corrected chi connectivity index (χ2v) is 6.06. The zero-order valence-electron chi connectivity index (χ0n) is 11.4. The standard InChI is InChI=1S/C13H16N2O4S/c1-3-19-13(16)8-9-15(2)20(17,18)12-6-4-11(10-14)5-7-12/h4-7H,3,8-9H2,1-2H3. The molecule has 7 heteroatoms. The van der Waals surface area contributed by atoms with Gasteiger partial charge in [-0.3, -0.25) is 4.79 Å². The molecule has 1 aromatic carbocycles. The Bertz CT molecular complexity index is 602. The third-order valence-corrected chi connectivity index (χ3v) is 4.50. The van der Waals surface area contributed by atoms with Crippen molar-refractivity contribution < 1.29 is 17.9 Å². The minimum absolute atomic E-state index is 0.000150. The number of nitrogens with zero attached hydrogens (tertiary/aromatic N) is 2.